The largest absolute Gasteiger partial charge is 0.508 e. The number of primary amides is 1. The number of nitrogens with zero attached hydrogens (tertiary/aromatic N) is 2. The van der Waals surface area contributed by atoms with E-state index in [0.29, 0.717) is 12.0 Å². The van der Waals surface area contributed by atoms with E-state index in [1.165, 1.54) is 4.90 Å². The molecule has 0 spiro atoms. The lowest BCUT2D eigenvalue weighted by atomic mass is 9.57. The van der Waals surface area contributed by atoms with Crippen LogP contribution in [-0.2, 0) is 20.8 Å². The maximum absolute atomic E-state index is 13.8. The molecule has 0 bridgehead atoms. The number of hydrogen-bond acceptors (Lipinski definition) is 9. The average Bonchev–Trinajstić information content (AvgIpc) is 3.21. The fourth-order valence-corrected chi connectivity index (χ4v) is 6.82. The van der Waals surface area contributed by atoms with Crippen LogP contribution in [0.15, 0.2) is 29.0 Å². The number of phenols is 1. The van der Waals surface area contributed by atoms with E-state index in [1.807, 2.05) is 13.1 Å². The lowest BCUT2D eigenvalue weighted by Gasteiger charge is -2.50. The lowest BCUT2D eigenvalue weighted by Crippen LogP contribution is -2.65. The number of aromatic hydroxyl groups is 1. The molecule has 1 heterocycles. The van der Waals surface area contributed by atoms with E-state index < -0.39 is 58.0 Å². The molecule has 1 aromatic carbocycles. The molecule has 1 aliphatic heterocycles. The summed E-state index contributed by atoms with van der Waals surface area (Å²) in [5.41, 5.74) is 3.49. The zero-order chi connectivity index (χ0) is 26.3. The third-order valence-corrected chi connectivity index (χ3v) is 8.46. The highest BCUT2D eigenvalue weighted by Gasteiger charge is 2.64. The van der Waals surface area contributed by atoms with Crippen molar-refractivity contribution in [1.82, 2.24) is 9.80 Å². The number of rotatable bonds is 3. The van der Waals surface area contributed by atoms with Gasteiger partial charge >= 0.3 is 0 Å². The highest BCUT2D eigenvalue weighted by Crippen LogP contribution is 2.53. The summed E-state index contributed by atoms with van der Waals surface area (Å²) in [5, 5.41) is 44.6. The molecule has 10 heteroatoms. The van der Waals surface area contributed by atoms with Crippen LogP contribution >= 0.6 is 0 Å². The number of ketones is 2. The van der Waals surface area contributed by atoms with E-state index in [2.05, 4.69) is 4.90 Å². The van der Waals surface area contributed by atoms with Crippen LogP contribution in [0.2, 0.25) is 0 Å². The molecule has 1 unspecified atom stereocenters. The summed E-state index contributed by atoms with van der Waals surface area (Å²) in [7, 11) is 5.18. The van der Waals surface area contributed by atoms with Gasteiger partial charge in [0.1, 0.15) is 22.8 Å². The quantitative estimate of drug-likeness (QED) is 0.379. The summed E-state index contributed by atoms with van der Waals surface area (Å²) in [4.78, 5) is 42.6. The van der Waals surface area contributed by atoms with Gasteiger partial charge in [-0.3, -0.25) is 24.2 Å². The number of amides is 1. The molecule has 10 nitrogen and oxygen atoms in total. The van der Waals surface area contributed by atoms with Crippen molar-refractivity contribution >= 4 is 23.2 Å². The molecule has 3 aliphatic carbocycles. The second kappa shape index (κ2) is 8.16. The standard InChI is InChI=1S/C26H31N3O7/c1-28(2)20-14-9-13-8-12-7-11(15-5-4-6-29(15)3)10-16(30)17(12)21(31)18(13)23(33)26(14,36)24(34)19(22(20)32)25(27)35/h7,10,13-15,20,30-31,34,36H,4-6,8-9H2,1-3H3,(H2,27,35)/t13-,14-,15?,20-,26-/m0/s1. The lowest BCUT2D eigenvalue weighted by molar-refractivity contribution is -0.153. The van der Waals surface area contributed by atoms with E-state index in [-0.39, 0.29) is 29.3 Å². The highest BCUT2D eigenvalue weighted by atomic mass is 16.3. The highest BCUT2D eigenvalue weighted by molar-refractivity contribution is 6.24. The van der Waals surface area contributed by atoms with Crippen LogP contribution in [0.5, 0.6) is 5.75 Å². The van der Waals surface area contributed by atoms with Gasteiger partial charge in [0, 0.05) is 17.5 Å². The number of carbonyl (C=O) groups is 3. The summed E-state index contributed by atoms with van der Waals surface area (Å²) in [6.45, 7) is 0.944. The number of aliphatic hydroxyl groups excluding tert-OH is 2. The Morgan fingerprint density at radius 3 is 2.47 bits per heavy atom. The van der Waals surface area contributed by atoms with Crippen LogP contribution in [0.3, 0.4) is 0 Å². The third-order valence-electron chi connectivity index (χ3n) is 8.46. The number of Topliss-reactive ketones (excluding diaryl/α,β-unsaturated/α-hetero) is 2. The number of phenolic OH excluding ortho intramolecular Hbond substituents is 1. The van der Waals surface area contributed by atoms with E-state index in [9.17, 15) is 34.8 Å². The Balaban J connectivity index is 1.67. The molecule has 1 saturated carbocycles. The minimum absolute atomic E-state index is 0.0834. The van der Waals surface area contributed by atoms with Gasteiger partial charge in [-0.2, -0.15) is 0 Å². The number of hydrogen-bond donors (Lipinski definition) is 5. The van der Waals surface area contributed by atoms with Crippen LogP contribution in [0.4, 0.5) is 0 Å². The Kier molecular flexibility index (Phi) is 5.55. The topological polar surface area (TPSA) is 165 Å². The van der Waals surface area contributed by atoms with Gasteiger partial charge in [0.05, 0.1) is 11.6 Å². The Hall–Kier alpha value is -3.21. The van der Waals surface area contributed by atoms with Gasteiger partial charge in [-0.1, -0.05) is 6.07 Å². The summed E-state index contributed by atoms with van der Waals surface area (Å²) in [5.74, 6) is -6.36. The van der Waals surface area contributed by atoms with Gasteiger partial charge < -0.3 is 26.2 Å². The second-order valence-corrected chi connectivity index (χ2v) is 10.7. The number of likely N-dealkylation sites (N-methyl/N-ethyl adjacent to an activating group) is 1. The molecule has 2 fully saturated rings. The Bertz CT molecular complexity index is 1270. The minimum Gasteiger partial charge on any atom is -0.508 e. The fraction of sp³-hybridized carbons (Fsp3) is 0.500. The number of carbonyl (C=O) groups excluding carboxylic acids is 3. The molecule has 1 amide bonds. The van der Waals surface area contributed by atoms with E-state index in [4.69, 9.17) is 5.73 Å². The van der Waals surface area contributed by atoms with Crippen LogP contribution in [0.25, 0.3) is 5.76 Å². The average molecular weight is 498 g/mol. The monoisotopic (exact) mass is 497 g/mol. The van der Waals surface area contributed by atoms with Crippen molar-refractivity contribution in [3.8, 4) is 5.75 Å². The van der Waals surface area contributed by atoms with Crippen LogP contribution < -0.4 is 5.73 Å². The van der Waals surface area contributed by atoms with Crippen molar-refractivity contribution in [3.63, 3.8) is 0 Å². The number of likely N-dealkylation sites (tertiary alicyclic amines) is 1. The zero-order valence-electron chi connectivity index (χ0n) is 20.5. The molecule has 5 atom stereocenters. The van der Waals surface area contributed by atoms with Gasteiger partial charge in [-0.05, 0) is 76.5 Å². The predicted octanol–water partition coefficient (Wildman–Crippen LogP) is 0.731. The van der Waals surface area contributed by atoms with Crippen LogP contribution in [0.1, 0.15) is 42.0 Å². The first kappa shape index (κ1) is 24.5. The first-order valence-electron chi connectivity index (χ1n) is 12.1. The normalized spacial score (nSPS) is 32.6. The number of fused-ring (bicyclic) bond motifs is 3. The zero-order valence-corrected chi connectivity index (χ0v) is 20.5. The van der Waals surface area contributed by atoms with Crippen LogP contribution in [-0.4, -0.2) is 87.0 Å². The van der Waals surface area contributed by atoms with E-state index in [0.717, 1.165) is 24.9 Å². The van der Waals surface area contributed by atoms with Crippen molar-refractivity contribution in [3.05, 3.63) is 45.7 Å². The molecule has 0 radical (unpaired) electrons. The molecular weight excluding hydrogens is 466 g/mol. The summed E-state index contributed by atoms with van der Waals surface area (Å²) < 4.78 is 0. The van der Waals surface area contributed by atoms with Crippen molar-refractivity contribution in [2.24, 2.45) is 17.6 Å². The van der Waals surface area contributed by atoms with Crippen molar-refractivity contribution in [2.75, 3.05) is 27.7 Å². The molecule has 36 heavy (non-hydrogen) atoms. The Labute approximate surface area is 208 Å². The van der Waals surface area contributed by atoms with Crippen molar-refractivity contribution in [2.45, 2.75) is 43.4 Å². The number of nitrogens with two attached hydrogens (primary N) is 1. The SMILES string of the molecule is CN1CCCC1c1cc(O)c2c(c1)C[C@H]1C[C@H]3[C@H](N(C)C)C(=O)C(C(N)=O)=C(O)[C@@]3(O)C(=O)C1=C2O. The van der Waals surface area contributed by atoms with Gasteiger partial charge in [-0.25, -0.2) is 0 Å². The molecule has 1 aromatic rings. The predicted molar refractivity (Wildman–Crippen MR) is 129 cm³/mol. The van der Waals surface area contributed by atoms with E-state index >= 15 is 0 Å². The van der Waals surface area contributed by atoms with Crippen LogP contribution in [0, 0.1) is 11.8 Å². The third kappa shape index (κ3) is 3.17. The Morgan fingerprint density at radius 2 is 1.89 bits per heavy atom. The number of aliphatic hydroxyl groups is 3. The molecule has 6 N–H and O–H groups in total. The van der Waals surface area contributed by atoms with Gasteiger partial charge in [0.2, 0.25) is 5.78 Å². The molecular formula is C26H31N3O7. The molecule has 1 saturated heterocycles. The smallest absolute Gasteiger partial charge is 0.255 e. The molecule has 5 rings (SSSR count). The molecule has 4 aliphatic rings. The first-order chi connectivity index (χ1) is 16.9. The Morgan fingerprint density at radius 1 is 1.19 bits per heavy atom. The molecule has 192 valence electrons. The van der Waals surface area contributed by atoms with Crippen molar-refractivity contribution in [1.29, 1.82) is 0 Å². The molecule has 0 aromatic heterocycles. The fourth-order valence-electron chi connectivity index (χ4n) is 6.82. The second-order valence-electron chi connectivity index (χ2n) is 10.7. The van der Waals surface area contributed by atoms with Gasteiger partial charge in [-0.15, -0.1) is 0 Å². The van der Waals surface area contributed by atoms with Crippen molar-refractivity contribution < 1.29 is 34.8 Å². The van der Waals surface area contributed by atoms with Gasteiger partial charge in [0.15, 0.2) is 11.4 Å². The first-order valence-corrected chi connectivity index (χ1v) is 12.1. The van der Waals surface area contributed by atoms with E-state index in [1.54, 1.807) is 20.2 Å². The summed E-state index contributed by atoms with van der Waals surface area (Å²) in [6, 6.07) is 2.58. The minimum atomic E-state index is -2.62. The van der Waals surface area contributed by atoms with Gasteiger partial charge in [0.25, 0.3) is 5.91 Å². The maximum Gasteiger partial charge on any atom is 0.255 e. The maximum atomic E-state index is 13.8. The summed E-state index contributed by atoms with van der Waals surface area (Å²) in [6.07, 6.45) is 2.36. The summed E-state index contributed by atoms with van der Waals surface area (Å²) >= 11 is 0. The number of benzene rings is 1.